The first kappa shape index (κ1) is 14.7. The van der Waals surface area contributed by atoms with Gasteiger partial charge < -0.3 is 20.1 Å². The van der Waals surface area contributed by atoms with Crippen LogP contribution in [-0.4, -0.2) is 55.5 Å². The topological polar surface area (TPSA) is 70.5 Å². The second kappa shape index (κ2) is 7.13. The van der Waals surface area contributed by atoms with Crippen LogP contribution in [0.2, 0.25) is 0 Å². The van der Waals surface area contributed by atoms with Gasteiger partial charge in [-0.15, -0.1) is 0 Å². The molecule has 1 aromatic heterocycles. The Balaban J connectivity index is 2.87. The summed E-state index contributed by atoms with van der Waals surface area (Å²) in [4.78, 5) is 10.4. The van der Waals surface area contributed by atoms with E-state index < -0.39 is 6.10 Å². The van der Waals surface area contributed by atoms with Crippen molar-refractivity contribution in [1.82, 2.24) is 9.97 Å². The molecule has 0 amide bonds. The molecule has 6 nitrogen and oxygen atoms in total. The molecule has 1 unspecified atom stereocenters. The number of hydrogen-bond acceptors (Lipinski definition) is 6. The van der Waals surface area contributed by atoms with Crippen LogP contribution in [0.4, 0.5) is 11.6 Å². The van der Waals surface area contributed by atoms with Gasteiger partial charge in [0.25, 0.3) is 0 Å². The minimum Gasteiger partial charge on any atom is -0.389 e. The Labute approximate surface area is 108 Å². The second-order valence-electron chi connectivity index (χ2n) is 4.12. The van der Waals surface area contributed by atoms with Crippen molar-refractivity contribution in [2.24, 2.45) is 0 Å². The van der Waals surface area contributed by atoms with E-state index in [1.807, 2.05) is 19.0 Å². The first-order chi connectivity index (χ1) is 8.63. The third-order valence-corrected chi connectivity index (χ3v) is 2.72. The number of aromatic nitrogens is 2. The number of methoxy groups -OCH3 is 1. The standard InChI is InChI=1S/C12H22N4O2/c1-5-10-11(13-2)14-8-15-12(10)16(3)6-9(17)7-18-4/h8-9,17H,5-7H2,1-4H3,(H,13,14,15). The second-order valence-corrected chi connectivity index (χ2v) is 4.12. The maximum absolute atomic E-state index is 9.75. The average Bonchev–Trinajstić information content (AvgIpc) is 2.37. The van der Waals surface area contributed by atoms with Crippen LogP contribution in [0.5, 0.6) is 0 Å². The highest BCUT2D eigenvalue weighted by Crippen LogP contribution is 2.22. The van der Waals surface area contributed by atoms with Crippen LogP contribution in [0, 0.1) is 0 Å². The smallest absolute Gasteiger partial charge is 0.137 e. The van der Waals surface area contributed by atoms with Crippen LogP contribution in [0.1, 0.15) is 12.5 Å². The van der Waals surface area contributed by atoms with Crippen LogP contribution in [0.15, 0.2) is 6.33 Å². The maximum Gasteiger partial charge on any atom is 0.137 e. The Morgan fingerprint density at radius 2 is 2.22 bits per heavy atom. The normalized spacial score (nSPS) is 12.3. The Bertz CT molecular complexity index is 373. The summed E-state index contributed by atoms with van der Waals surface area (Å²) < 4.78 is 4.92. The highest BCUT2D eigenvalue weighted by atomic mass is 16.5. The fourth-order valence-electron chi connectivity index (χ4n) is 1.92. The van der Waals surface area contributed by atoms with Crippen molar-refractivity contribution in [1.29, 1.82) is 0 Å². The van der Waals surface area contributed by atoms with Gasteiger partial charge in [-0.3, -0.25) is 0 Å². The molecule has 6 heteroatoms. The Hall–Kier alpha value is -1.40. The zero-order valence-electron chi connectivity index (χ0n) is 11.5. The Morgan fingerprint density at radius 3 is 2.78 bits per heavy atom. The molecule has 0 bridgehead atoms. The van der Waals surface area contributed by atoms with Gasteiger partial charge in [-0.25, -0.2) is 9.97 Å². The monoisotopic (exact) mass is 254 g/mol. The molecule has 1 heterocycles. The summed E-state index contributed by atoms with van der Waals surface area (Å²) in [7, 11) is 5.31. The molecule has 0 aliphatic rings. The SMILES string of the molecule is CCc1c(NC)ncnc1N(C)CC(O)COC. The summed E-state index contributed by atoms with van der Waals surface area (Å²) in [6.45, 7) is 2.85. The molecular formula is C12H22N4O2. The van der Waals surface area contributed by atoms with Gasteiger partial charge in [-0.2, -0.15) is 0 Å². The lowest BCUT2D eigenvalue weighted by molar-refractivity contribution is 0.0694. The highest BCUT2D eigenvalue weighted by Gasteiger charge is 2.15. The predicted octanol–water partition coefficient (Wildman–Crippen LogP) is 0.524. The van der Waals surface area contributed by atoms with Gasteiger partial charge in [0.15, 0.2) is 0 Å². The number of anilines is 2. The van der Waals surface area contributed by atoms with Crippen molar-refractivity contribution in [2.45, 2.75) is 19.4 Å². The summed E-state index contributed by atoms with van der Waals surface area (Å²) in [5, 5.41) is 12.8. The van der Waals surface area contributed by atoms with Crippen LogP contribution < -0.4 is 10.2 Å². The molecule has 102 valence electrons. The number of hydrogen-bond donors (Lipinski definition) is 2. The number of aliphatic hydroxyl groups is 1. The van der Waals surface area contributed by atoms with E-state index in [9.17, 15) is 5.11 Å². The number of ether oxygens (including phenoxy) is 1. The van der Waals surface area contributed by atoms with E-state index in [4.69, 9.17) is 4.74 Å². The molecule has 1 rings (SSSR count). The van der Waals surface area contributed by atoms with Crippen molar-refractivity contribution in [3.8, 4) is 0 Å². The fraction of sp³-hybridized carbons (Fsp3) is 0.667. The van der Waals surface area contributed by atoms with E-state index in [1.165, 1.54) is 6.33 Å². The molecule has 1 aromatic rings. The first-order valence-corrected chi connectivity index (χ1v) is 6.03. The van der Waals surface area contributed by atoms with Crippen LogP contribution in [0.25, 0.3) is 0 Å². The van der Waals surface area contributed by atoms with Gasteiger partial charge in [-0.05, 0) is 6.42 Å². The third-order valence-electron chi connectivity index (χ3n) is 2.72. The summed E-state index contributed by atoms with van der Waals surface area (Å²) in [5.74, 6) is 1.67. The van der Waals surface area contributed by atoms with Gasteiger partial charge in [0, 0.05) is 33.3 Å². The zero-order chi connectivity index (χ0) is 13.5. The van der Waals surface area contributed by atoms with Gasteiger partial charge in [0.2, 0.25) is 0 Å². The van der Waals surface area contributed by atoms with Crippen LogP contribution in [-0.2, 0) is 11.2 Å². The predicted molar refractivity (Wildman–Crippen MR) is 72.1 cm³/mol. The van der Waals surface area contributed by atoms with Gasteiger partial charge in [0.05, 0.1) is 12.7 Å². The largest absolute Gasteiger partial charge is 0.389 e. The molecule has 0 spiro atoms. The number of nitrogens with zero attached hydrogens (tertiary/aromatic N) is 3. The molecule has 18 heavy (non-hydrogen) atoms. The quantitative estimate of drug-likeness (QED) is 0.739. The van der Waals surface area contributed by atoms with Crippen molar-refractivity contribution in [3.05, 3.63) is 11.9 Å². The fourth-order valence-corrected chi connectivity index (χ4v) is 1.92. The summed E-state index contributed by atoms with van der Waals surface area (Å²) in [6.07, 6.45) is 1.83. The summed E-state index contributed by atoms with van der Waals surface area (Å²) in [5.41, 5.74) is 1.05. The molecule has 0 saturated carbocycles. The van der Waals surface area contributed by atoms with Crippen molar-refractivity contribution < 1.29 is 9.84 Å². The van der Waals surface area contributed by atoms with Crippen LogP contribution >= 0.6 is 0 Å². The molecule has 0 saturated heterocycles. The van der Waals surface area contributed by atoms with Gasteiger partial charge in [-0.1, -0.05) is 6.92 Å². The number of likely N-dealkylation sites (N-methyl/N-ethyl adjacent to an activating group) is 1. The number of nitrogens with one attached hydrogen (secondary N) is 1. The van der Waals surface area contributed by atoms with E-state index in [2.05, 4.69) is 22.2 Å². The van der Waals surface area contributed by atoms with E-state index in [0.717, 1.165) is 23.6 Å². The third kappa shape index (κ3) is 3.54. The molecule has 0 aliphatic carbocycles. The van der Waals surface area contributed by atoms with Crippen molar-refractivity contribution in [2.75, 3.05) is 44.6 Å². The molecule has 0 fully saturated rings. The molecule has 0 aromatic carbocycles. The maximum atomic E-state index is 9.75. The number of aliphatic hydroxyl groups excluding tert-OH is 1. The Morgan fingerprint density at radius 1 is 1.50 bits per heavy atom. The highest BCUT2D eigenvalue weighted by molar-refractivity contribution is 5.58. The van der Waals surface area contributed by atoms with E-state index >= 15 is 0 Å². The molecule has 0 radical (unpaired) electrons. The summed E-state index contributed by atoms with van der Waals surface area (Å²) >= 11 is 0. The van der Waals surface area contributed by atoms with E-state index in [1.54, 1.807) is 7.11 Å². The van der Waals surface area contributed by atoms with Crippen molar-refractivity contribution in [3.63, 3.8) is 0 Å². The molecule has 2 N–H and O–H groups in total. The van der Waals surface area contributed by atoms with Gasteiger partial charge >= 0.3 is 0 Å². The minimum absolute atomic E-state index is 0.315. The average molecular weight is 254 g/mol. The first-order valence-electron chi connectivity index (χ1n) is 6.03. The lowest BCUT2D eigenvalue weighted by atomic mass is 10.2. The van der Waals surface area contributed by atoms with Crippen LogP contribution in [0.3, 0.4) is 0 Å². The lowest BCUT2D eigenvalue weighted by Crippen LogP contribution is -2.33. The van der Waals surface area contributed by atoms with E-state index in [0.29, 0.717) is 13.2 Å². The van der Waals surface area contributed by atoms with E-state index in [-0.39, 0.29) is 0 Å². The zero-order valence-corrected chi connectivity index (χ0v) is 11.5. The molecular weight excluding hydrogens is 232 g/mol. The molecule has 0 aliphatic heterocycles. The van der Waals surface area contributed by atoms with Gasteiger partial charge in [0.1, 0.15) is 18.0 Å². The number of rotatable bonds is 7. The summed E-state index contributed by atoms with van der Waals surface area (Å²) in [6, 6.07) is 0. The molecule has 1 atom stereocenters. The lowest BCUT2D eigenvalue weighted by Gasteiger charge is -2.24. The Kier molecular flexibility index (Phi) is 5.80. The van der Waals surface area contributed by atoms with Crippen molar-refractivity contribution >= 4 is 11.6 Å². The minimum atomic E-state index is -0.530.